The third-order valence-corrected chi connectivity index (χ3v) is 3.63. The molecule has 1 aliphatic heterocycles. The first-order valence-electron chi connectivity index (χ1n) is 7.14. The number of ether oxygens (including phenoxy) is 2. The molecule has 1 aliphatic rings. The van der Waals surface area contributed by atoms with Crippen molar-refractivity contribution in [2.45, 2.75) is 38.8 Å². The lowest BCUT2D eigenvalue weighted by molar-refractivity contribution is 0.0113. The summed E-state index contributed by atoms with van der Waals surface area (Å²) in [4.78, 5) is 2.47. The smallest absolute Gasteiger partial charge is 0.0630 e. The van der Waals surface area contributed by atoms with E-state index in [0.717, 1.165) is 45.8 Å². The summed E-state index contributed by atoms with van der Waals surface area (Å²) in [7, 11) is 4.00. The van der Waals surface area contributed by atoms with Crippen LogP contribution in [0.4, 0.5) is 0 Å². The Labute approximate surface area is 112 Å². The Morgan fingerprint density at radius 2 is 1.94 bits per heavy atom. The predicted molar refractivity (Wildman–Crippen MR) is 75.0 cm³/mol. The van der Waals surface area contributed by atoms with E-state index >= 15 is 0 Å². The first kappa shape index (κ1) is 15.9. The number of likely N-dealkylation sites (N-methyl/N-ethyl adjacent to an activating group) is 1. The van der Waals surface area contributed by atoms with Crippen LogP contribution in [0.25, 0.3) is 0 Å². The van der Waals surface area contributed by atoms with Crippen LogP contribution in [-0.4, -0.2) is 64.1 Å². The molecule has 1 heterocycles. The molecule has 0 spiro atoms. The lowest BCUT2D eigenvalue weighted by atomic mass is 10.1. The highest BCUT2D eigenvalue weighted by Crippen LogP contribution is 2.15. The Kier molecular flexibility index (Phi) is 7.82. The monoisotopic (exact) mass is 258 g/mol. The molecular weight excluding hydrogens is 228 g/mol. The lowest BCUT2D eigenvalue weighted by Crippen LogP contribution is -2.49. The summed E-state index contributed by atoms with van der Waals surface area (Å²) in [5.41, 5.74) is 0. The first-order valence-corrected chi connectivity index (χ1v) is 7.14. The van der Waals surface area contributed by atoms with Crippen molar-refractivity contribution in [3.63, 3.8) is 0 Å². The van der Waals surface area contributed by atoms with Gasteiger partial charge in [-0.2, -0.15) is 0 Å². The third kappa shape index (κ3) is 5.65. The second kappa shape index (κ2) is 8.86. The van der Waals surface area contributed by atoms with Crippen LogP contribution in [0.1, 0.15) is 26.7 Å². The summed E-state index contributed by atoms with van der Waals surface area (Å²) in [6.07, 6.45) is 2.28. The third-order valence-electron chi connectivity index (χ3n) is 3.63. The molecule has 1 unspecified atom stereocenters. The van der Waals surface area contributed by atoms with Crippen molar-refractivity contribution >= 4 is 0 Å². The van der Waals surface area contributed by atoms with Gasteiger partial charge in [-0.15, -0.1) is 0 Å². The highest BCUT2D eigenvalue weighted by Gasteiger charge is 2.24. The Balaban J connectivity index is 2.37. The average Bonchev–Trinajstić information content (AvgIpc) is 2.37. The molecule has 0 amide bonds. The number of hydrogen-bond donors (Lipinski definition) is 1. The molecule has 1 fully saturated rings. The van der Waals surface area contributed by atoms with E-state index in [1.54, 1.807) is 7.11 Å². The fraction of sp³-hybridized carbons (Fsp3) is 1.00. The summed E-state index contributed by atoms with van der Waals surface area (Å²) >= 11 is 0. The maximum Gasteiger partial charge on any atom is 0.0630 e. The minimum absolute atomic E-state index is 0.455. The summed E-state index contributed by atoms with van der Waals surface area (Å²) < 4.78 is 10.8. The molecule has 1 rings (SSSR count). The van der Waals surface area contributed by atoms with E-state index in [-0.39, 0.29) is 0 Å². The largest absolute Gasteiger partial charge is 0.383 e. The second-order valence-electron chi connectivity index (χ2n) is 5.67. The van der Waals surface area contributed by atoms with Crippen molar-refractivity contribution in [2.75, 3.05) is 47.1 Å². The van der Waals surface area contributed by atoms with Crippen molar-refractivity contribution < 1.29 is 9.47 Å². The van der Waals surface area contributed by atoms with Crippen LogP contribution in [0, 0.1) is 5.92 Å². The lowest BCUT2D eigenvalue weighted by Gasteiger charge is -2.37. The van der Waals surface area contributed by atoms with Gasteiger partial charge in [-0.05, 0) is 32.4 Å². The SMILES string of the molecule is COCC(CNCC(C)C)N(C)C1CCOCC1. The minimum Gasteiger partial charge on any atom is -0.383 e. The highest BCUT2D eigenvalue weighted by molar-refractivity contribution is 4.80. The molecule has 4 nitrogen and oxygen atoms in total. The summed E-state index contributed by atoms with van der Waals surface area (Å²) in [5, 5.41) is 3.54. The summed E-state index contributed by atoms with van der Waals surface area (Å²) in [6, 6.07) is 1.09. The zero-order chi connectivity index (χ0) is 13.4. The van der Waals surface area contributed by atoms with E-state index in [1.165, 1.54) is 0 Å². The fourth-order valence-electron chi connectivity index (χ4n) is 2.44. The predicted octanol–water partition coefficient (Wildman–Crippen LogP) is 1.36. The van der Waals surface area contributed by atoms with Gasteiger partial charge < -0.3 is 14.8 Å². The van der Waals surface area contributed by atoms with Crippen molar-refractivity contribution in [1.29, 1.82) is 0 Å². The van der Waals surface area contributed by atoms with Gasteiger partial charge in [0.15, 0.2) is 0 Å². The van der Waals surface area contributed by atoms with Gasteiger partial charge >= 0.3 is 0 Å². The Morgan fingerprint density at radius 3 is 2.50 bits per heavy atom. The minimum atomic E-state index is 0.455. The van der Waals surface area contributed by atoms with Gasteiger partial charge in [0, 0.05) is 39.0 Å². The van der Waals surface area contributed by atoms with Crippen molar-refractivity contribution in [3.05, 3.63) is 0 Å². The molecule has 0 aromatic carbocycles. The maximum absolute atomic E-state index is 5.43. The van der Waals surface area contributed by atoms with E-state index in [0.29, 0.717) is 18.0 Å². The first-order chi connectivity index (χ1) is 8.65. The summed E-state index contributed by atoms with van der Waals surface area (Å²) in [6.45, 7) is 9.13. The molecule has 0 aromatic rings. The van der Waals surface area contributed by atoms with Crippen molar-refractivity contribution in [1.82, 2.24) is 10.2 Å². The van der Waals surface area contributed by atoms with Gasteiger partial charge in [-0.3, -0.25) is 4.90 Å². The molecule has 1 atom stereocenters. The molecular formula is C14H30N2O2. The van der Waals surface area contributed by atoms with Gasteiger partial charge in [0.05, 0.1) is 6.61 Å². The Hall–Kier alpha value is -0.160. The van der Waals surface area contributed by atoms with Crippen LogP contribution in [0.3, 0.4) is 0 Å². The number of rotatable bonds is 8. The van der Waals surface area contributed by atoms with E-state index in [9.17, 15) is 0 Å². The zero-order valence-electron chi connectivity index (χ0n) is 12.4. The van der Waals surface area contributed by atoms with Crippen molar-refractivity contribution in [2.24, 2.45) is 5.92 Å². The van der Waals surface area contributed by atoms with E-state index in [2.05, 4.69) is 31.1 Å². The average molecular weight is 258 g/mol. The van der Waals surface area contributed by atoms with E-state index in [4.69, 9.17) is 9.47 Å². The Bertz CT molecular complexity index is 206. The number of methoxy groups -OCH3 is 1. The molecule has 0 aromatic heterocycles. The summed E-state index contributed by atoms with van der Waals surface area (Å²) in [5.74, 6) is 0.696. The van der Waals surface area contributed by atoms with Gasteiger partial charge in [0.2, 0.25) is 0 Å². The number of nitrogens with zero attached hydrogens (tertiary/aromatic N) is 1. The van der Waals surface area contributed by atoms with Crippen molar-refractivity contribution in [3.8, 4) is 0 Å². The van der Waals surface area contributed by atoms with E-state index < -0.39 is 0 Å². The molecule has 1 N–H and O–H groups in total. The second-order valence-corrected chi connectivity index (χ2v) is 5.67. The standard InChI is InChI=1S/C14H30N2O2/c1-12(2)9-15-10-14(11-17-4)16(3)13-5-7-18-8-6-13/h12-15H,5-11H2,1-4H3. The number of hydrogen-bond acceptors (Lipinski definition) is 4. The molecule has 0 bridgehead atoms. The van der Waals surface area contributed by atoms with Gasteiger partial charge in [-0.1, -0.05) is 13.8 Å². The van der Waals surface area contributed by atoms with Crippen LogP contribution < -0.4 is 5.32 Å². The van der Waals surface area contributed by atoms with Crippen LogP contribution in [-0.2, 0) is 9.47 Å². The normalized spacial score (nSPS) is 19.7. The van der Waals surface area contributed by atoms with Gasteiger partial charge in [0.25, 0.3) is 0 Å². The topological polar surface area (TPSA) is 33.7 Å². The Morgan fingerprint density at radius 1 is 1.28 bits per heavy atom. The molecule has 18 heavy (non-hydrogen) atoms. The van der Waals surface area contributed by atoms with Crippen LogP contribution in [0.15, 0.2) is 0 Å². The van der Waals surface area contributed by atoms with E-state index in [1.807, 2.05) is 0 Å². The fourth-order valence-corrected chi connectivity index (χ4v) is 2.44. The van der Waals surface area contributed by atoms with Crippen LogP contribution >= 0.6 is 0 Å². The zero-order valence-corrected chi connectivity index (χ0v) is 12.4. The highest BCUT2D eigenvalue weighted by atomic mass is 16.5. The molecule has 0 aliphatic carbocycles. The van der Waals surface area contributed by atoms with Crippen LogP contribution in [0.5, 0.6) is 0 Å². The molecule has 0 saturated carbocycles. The van der Waals surface area contributed by atoms with Gasteiger partial charge in [-0.25, -0.2) is 0 Å². The molecule has 0 radical (unpaired) electrons. The van der Waals surface area contributed by atoms with Crippen LogP contribution in [0.2, 0.25) is 0 Å². The molecule has 1 saturated heterocycles. The maximum atomic E-state index is 5.43. The van der Waals surface area contributed by atoms with Gasteiger partial charge in [0.1, 0.15) is 0 Å². The molecule has 4 heteroatoms. The molecule has 108 valence electrons. The number of nitrogens with one attached hydrogen (secondary N) is 1. The quantitative estimate of drug-likeness (QED) is 0.713.